The lowest BCUT2D eigenvalue weighted by atomic mass is 9.76. The van der Waals surface area contributed by atoms with Crippen molar-refractivity contribution in [3.8, 4) is 0 Å². The molecule has 138 valence electrons. The molecule has 1 saturated carbocycles. The number of hydrogen-bond donors (Lipinski definition) is 1. The van der Waals surface area contributed by atoms with Crippen LogP contribution in [0, 0.1) is 0 Å². The number of aromatic nitrogens is 3. The molecule has 3 heterocycles. The summed E-state index contributed by atoms with van der Waals surface area (Å²) in [6, 6.07) is 10.4. The monoisotopic (exact) mass is 361 g/mol. The minimum atomic E-state index is -0.0609. The zero-order valence-corrected chi connectivity index (χ0v) is 15.5. The van der Waals surface area contributed by atoms with Crippen molar-refractivity contribution in [2.75, 3.05) is 5.32 Å². The van der Waals surface area contributed by atoms with E-state index in [2.05, 4.69) is 51.7 Å². The van der Waals surface area contributed by atoms with E-state index in [0.29, 0.717) is 0 Å². The van der Waals surface area contributed by atoms with E-state index in [9.17, 15) is 0 Å². The van der Waals surface area contributed by atoms with Crippen molar-refractivity contribution in [1.29, 1.82) is 0 Å². The molecule has 6 heteroatoms. The molecule has 0 saturated heterocycles. The quantitative estimate of drug-likeness (QED) is 0.743. The zero-order chi connectivity index (χ0) is 18.3. The van der Waals surface area contributed by atoms with Crippen molar-refractivity contribution in [3.63, 3.8) is 0 Å². The standard InChI is InChI=1S/C21H23N5O/c1-2-26-20-17(14-24-26)19(22-12-15-7-4-3-5-8-15)16(13-23-20)18-11-21(27-25-18)9-6-10-21/h3-5,7-8,13-14H,2,6,9-12H2,1H3,(H,22,23). The molecule has 0 radical (unpaired) electrons. The molecule has 3 aromatic rings. The number of rotatable bonds is 5. The molecule has 1 spiro atoms. The first kappa shape index (κ1) is 16.3. The Morgan fingerprint density at radius 2 is 2.04 bits per heavy atom. The maximum atomic E-state index is 5.81. The van der Waals surface area contributed by atoms with Crippen molar-refractivity contribution in [2.24, 2.45) is 5.16 Å². The molecule has 1 aromatic carbocycles. The van der Waals surface area contributed by atoms with Crippen LogP contribution in [0.4, 0.5) is 5.69 Å². The van der Waals surface area contributed by atoms with Gasteiger partial charge in [-0.05, 0) is 31.7 Å². The summed E-state index contributed by atoms with van der Waals surface area (Å²) in [5.41, 5.74) is 5.13. The van der Waals surface area contributed by atoms with Crippen LogP contribution in [0.3, 0.4) is 0 Å². The fourth-order valence-corrected chi connectivity index (χ4v) is 3.96. The Morgan fingerprint density at radius 1 is 1.19 bits per heavy atom. The summed E-state index contributed by atoms with van der Waals surface area (Å²) in [5, 5.41) is 13.6. The van der Waals surface area contributed by atoms with Crippen LogP contribution < -0.4 is 5.32 Å². The van der Waals surface area contributed by atoms with Crippen LogP contribution in [0.25, 0.3) is 11.0 Å². The second-order valence-electron chi connectivity index (χ2n) is 7.43. The van der Waals surface area contributed by atoms with Gasteiger partial charge in [-0.15, -0.1) is 0 Å². The van der Waals surface area contributed by atoms with Crippen molar-refractivity contribution in [1.82, 2.24) is 14.8 Å². The van der Waals surface area contributed by atoms with Gasteiger partial charge in [-0.2, -0.15) is 5.10 Å². The Kier molecular flexibility index (Phi) is 3.85. The molecule has 2 aromatic heterocycles. The number of aryl methyl sites for hydroxylation is 1. The lowest BCUT2D eigenvalue weighted by Gasteiger charge is -2.34. The van der Waals surface area contributed by atoms with Crippen LogP contribution in [0.2, 0.25) is 0 Å². The molecule has 6 nitrogen and oxygen atoms in total. The van der Waals surface area contributed by atoms with Gasteiger partial charge in [-0.3, -0.25) is 0 Å². The van der Waals surface area contributed by atoms with E-state index in [0.717, 1.165) is 60.3 Å². The Bertz CT molecular complexity index is 1000. The zero-order valence-electron chi connectivity index (χ0n) is 15.5. The maximum absolute atomic E-state index is 5.81. The number of nitrogens with one attached hydrogen (secondary N) is 1. The molecule has 0 unspecified atom stereocenters. The Labute approximate surface area is 158 Å². The molecule has 1 aliphatic heterocycles. The molecule has 1 N–H and O–H groups in total. The number of pyridine rings is 1. The molecule has 0 bridgehead atoms. The van der Waals surface area contributed by atoms with Gasteiger partial charge in [-0.25, -0.2) is 9.67 Å². The largest absolute Gasteiger partial charge is 0.389 e. The third-order valence-corrected chi connectivity index (χ3v) is 5.69. The van der Waals surface area contributed by atoms with Gasteiger partial charge >= 0.3 is 0 Å². The van der Waals surface area contributed by atoms with E-state index in [4.69, 9.17) is 4.84 Å². The SMILES string of the molecule is CCn1ncc2c(NCc3ccccc3)c(C3=NOC4(CCC4)C3)cnc21. The number of nitrogens with zero attached hydrogens (tertiary/aromatic N) is 4. The third kappa shape index (κ3) is 2.76. The average Bonchev–Trinajstić information content (AvgIpc) is 3.31. The second-order valence-corrected chi connectivity index (χ2v) is 7.43. The first-order valence-corrected chi connectivity index (χ1v) is 9.66. The molecule has 1 fully saturated rings. The summed E-state index contributed by atoms with van der Waals surface area (Å²) in [6.07, 6.45) is 8.10. The minimum absolute atomic E-state index is 0.0609. The first-order chi connectivity index (χ1) is 13.3. The summed E-state index contributed by atoms with van der Waals surface area (Å²) in [7, 11) is 0. The van der Waals surface area contributed by atoms with Crippen LogP contribution in [0.5, 0.6) is 0 Å². The fraction of sp³-hybridized carbons (Fsp3) is 0.381. The number of benzene rings is 1. The summed E-state index contributed by atoms with van der Waals surface area (Å²) in [4.78, 5) is 10.5. The van der Waals surface area contributed by atoms with Crippen molar-refractivity contribution in [2.45, 2.75) is 51.3 Å². The number of oxime groups is 1. The summed E-state index contributed by atoms with van der Waals surface area (Å²) in [6.45, 7) is 3.61. The van der Waals surface area contributed by atoms with Crippen molar-refractivity contribution >= 4 is 22.4 Å². The average molecular weight is 361 g/mol. The molecule has 5 rings (SSSR count). The Hall–Kier alpha value is -2.89. The smallest absolute Gasteiger partial charge is 0.159 e. The van der Waals surface area contributed by atoms with Gasteiger partial charge in [0.05, 0.1) is 23.0 Å². The predicted octanol–water partition coefficient (Wildman–Crippen LogP) is 4.11. The normalized spacial score (nSPS) is 17.6. The van der Waals surface area contributed by atoms with Gasteiger partial charge < -0.3 is 10.2 Å². The molecule has 2 aliphatic rings. The van der Waals surface area contributed by atoms with Gasteiger partial charge in [0.15, 0.2) is 5.65 Å². The number of anilines is 1. The number of fused-ring (bicyclic) bond motifs is 1. The Morgan fingerprint density at radius 3 is 2.74 bits per heavy atom. The molecular formula is C21H23N5O. The van der Waals surface area contributed by atoms with Crippen LogP contribution in [-0.4, -0.2) is 26.1 Å². The molecule has 27 heavy (non-hydrogen) atoms. The van der Waals surface area contributed by atoms with Crippen LogP contribution in [0.15, 0.2) is 47.9 Å². The van der Waals surface area contributed by atoms with E-state index in [-0.39, 0.29) is 5.60 Å². The first-order valence-electron chi connectivity index (χ1n) is 9.66. The molecule has 0 atom stereocenters. The second kappa shape index (κ2) is 6.37. The van der Waals surface area contributed by atoms with Gasteiger partial charge in [0.2, 0.25) is 0 Å². The number of hydrogen-bond acceptors (Lipinski definition) is 5. The van der Waals surface area contributed by atoms with E-state index in [1.807, 2.05) is 23.1 Å². The van der Waals surface area contributed by atoms with E-state index < -0.39 is 0 Å². The summed E-state index contributed by atoms with van der Waals surface area (Å²) in [5.74, 6) is 0. The minimum Gasteiger partial charge on any atom is -0.389 e. The van der Waals surface area contributed by atoms with Gasteiger partial charge in [0, 0.05) is 31.3 Å². The molecule has 1 aliphatic carbocycles. The summed E-state index contributed by atoms with van der Waals surface area (Å²) < 4.78 is 1.92. The Balaban J connectivity index is 1.53. The van der Waals surface area contributed by atoms with Gasteiger partial charge in [0.1, 0.15) is 5.60 Å². The topological polar surface area (TPSA) is 64.3 Å². The highest BCUT2D eigenvalue weighted by atomic mass is 16.7. The predicted molar refractivity (Wildman–Crippen MR) is 106 cm³/mol. The third-order valence-electron chi connectivity index (χ3n) is 5.69. The molecule has 0 amide bonds. The highest BCUT2D eigenvalue weighted by molar-refractivity contribution is 6.10. The van der Waals surface area contributed by atoms with Crippen LogP contribution in [-0.2, 0) is 17.9 Å². The van der Waals surface area contributed by atoms with E-state index in [1.165, 1.54) is 12.0 Å². The van der Waals surface area contributed by atoms with Crippen LogP contribution >= 0.6 is 0 Å². The molecular weight excluding hydrogens is 338 g/mol. The summed E-state index contributed by atoms with van der Waals surface area (Å²) >= 11 is 0. The van der Waals surface area contributed by atoms with Gasteiger partial charge in [0.25, 0.3) is 0 Å². The lowest BCUT2D eigenvalue weighted by molar-refractivity contribution is -0.0755. The van der Waals surface area contributed by atoms with Gasteiger partial charge in [-0.1, -0.05) is 35.5 Å². The highest BCUT2D eigenvalue weighted by Crippen LogP contribution is 2.44. The highest BCUT2D eigenvalue weighted by Gasteiger charge is 2.45. The van der Waals surface area contributed by atoms with E-state index >= 15 is 0 Å². The fourth-order valence-electron chi connectivity index (χ4n) is 3.96. The lowest BCUT2D eigenvalue weighted by Crippen LogP contribution is -2.37. The van der Waals surface area contributed by atoms with E-state index in [1.54, 1.807) is 0 Å². The van der Waals surface area contributed by atoms with Crippen molar-refractivity contribution in [3.05, 3.63) is 53.9 Å². The maximum Gasteiger partial charge on any atom is 0.159 e. The van der Waals surface area contributed by atoms with Crippen LogP contribution in [0.1, 0.15) is 43.7 Å². The van der Waals surface area contributed by atoms with Crippen molar-refractivity contribution < 1.29 is 4.84 Å².